The molecule has 20 heavy (non-hydrogen) atoms. The van der Waals surface area contributed by atoms with Gasteiger partial charge in [0, 0.05) is 26.2 Å². The van der Waals surface area contributed by atoms with Gasteiger partial charge in [0.2, 0.25) is 10.0 Å². The highest BCUT2D eigenvalue weighted by molar-refractivity contribution is 7.89. The van der Waals surface area contributed by atoms with Crippen molar-refractivity contribution in [1.29, 1.82) is 0 Å². The maximum absolute atomic E-state index is 12.0. The van der Waals surface area contributed by atoms with Crippen LogP contribution in [0.3, 0.4) is 0 Å². The minimum absolute atomic E-state index is 0.0654. The zero-order valence-corrected chi connectivity index (χ0v) is 13.3. The summed E-state index contributed by atoms with van der Waals surface area (Å²) in [7, 11) is -3.26. The fourth-order valence-corrected chi connectivity index (χ4v) is 3.38. The van der Waals surface area contributed by atoms with Crippen LogP contribution in [-0.2, 0) is 14.8 Å². The van der Waals surface area contributed by atoms with Crippen molar-refractivity contribution in [2.24, 2.45) is 5.73 Å². The molecule has 0 aromatic heterocycles. The number of carbonyl (C=O) groups excluding carboxylic acids is 1. The fourth-order valence-electron chi connectivity index (χ4n) is 1.87. The molecule has 1 saturated heterocycles. The Labute approximate surface area is 121 Å². The first-order valence-corrected chi connectivity index (χ1v) is 8.42. The molecule has 0 unspecified atom stereocenters. The largest absolute Gasteiger partial charge is 0.444 e. The van der Waals surface area contributed by atoms with E-state index in [4.69, 9.17) is 10.5 Å². The molecule has 1 rings (SSSR count). The second kappa shape index (κ2) is 6.73. The molecular weight excluding hydrogens is 282 g/mol. The minimum atomic E-state index is -3.26. The van der Waals surface area contributed by atoms with Gasteiger partial charge in [-0.2, -0.15) is 4.31 Å². The molecule has 0 aliphatic carbocycles. The van der Waals surface area contributed by atoms with Gasteiger partial charge in [-0.1, -0.05) is 0 Å². The molecule has 7 nitrogen and oxygen atoms in total. The Balaban J connectivity index is 2.49. The van der Waals surface area contributed by atoms with Crippen LogP contribution in [0.4, 0.5) is 4.79 Å². The van der Waals surface area contributed by atoms with Crippen molar-refractivity contribution < 1.29 is 17.9 Å². The number of rotatable bonds is 4. The van der Waals surface area contributed by atoms with Crippen LogP contribution in [0.15, 0.2) is 0 Å². The molecule has 1 aliphatic rings. The normalized spacial score (nSPS) is 18.1. The number of nitrogens with two attached hydrogens (primary N) is 1. The second-order valence-corrected chi connectivity index (χ2v) is 7.91. The SMILES string of the molecule is CC(C)(C)OC(=O)N1CCN(S(=O)(=O)CCCN)CC1. The first-order chi connectivity index (χ1) is 9.15. The van der Waals surface area contributed by atoms with Crippen molar-refractivity contribution in [3.63, 3.8) is 0 Å². The Hall–Kier alpha value is -0.860. The summed E-state index contributed by atoms with van der Waals surface area (Å²) in [4.78, 5) is 13.4. The van der Waals surface area contributed by atoms with Crippen molar-refractivity contribution in [2.75, 3.05) is 38.5 Å². The lowest BCUT2D eigenvalue weighted by Crippen LogP contribution is -2.52. The summed E-state index contributed by atoms with van der Waals surface area (Å²) >= 11 is 0. The summed E-state index contributed by atoms with van der Waals surface area (Å²) in [6, 6.07) is 0. The summed E-state index contributed by atoms with van der Waals surface area (Å²) in [5.41, 5.74) is 4.79. The Bertz CT molecular complexity index is 422. The summed E-state index contributed by atoms with van der Waals surface area (Å²) < 4.78 is 30.7. The van der Waals surface area contributed by atoms with Crippen LogP contribution >= 0.6 is 0 Å². The molecule has 0 saturated carbocycles. The van der Waals surface area contributed by atoms with E-state index in [1.165, 1.54) is 4.31 Å². The van der Waals surface area contributed by atoms with Gasteiger partial charge < -0.3 is 15.4 Å². The van der Waals surface area contributed by atoms with E-state index in [2.05, 4.69) is 0 Å². The summed E-state index contributed by atoms with van der Waals surface area (Å²) in [5.74, 6) is 0.0654. The predicted molar refractivity (Wildman–Crippen MR) is 76.8 cm³/mol. The Morgan fingerprint density at radius 1 is 1.20 bits per heavy atom. The molecule has 1 amide bonds. The molecule has 0 aromatic rings. The van der Waals surface area contributed by atoms with Crippen LogP contribution in [0.25, 0.3) is 0 Å². The monoisotopic (exact) mass is 307 g/mol. The average Bonchev–Trinajstić information content (AvgIpc) is 2.34. The van der Waals surface area contributed by atoms with Gasteiger partial charge in [-0.25, -0.2) is 13.2 Å². The lowest BCUT2D eigenvalue weighted by Gasteiger charge is -2.34. The van der Waals surface area contributed by atoms with Crippen molar-refractivity contribution in [2.45, 2.75) is 32.8 Å². The zero-order valence-electron chi connectivity index (χ0n) is 12.5. The maximum atomic E-state index is 12.0. The van der Waals surface area contributed by atoms with Gasteiger partial charge in [0.05, 0.1) is 5.75 Å². The predicted octanol–water partition coefficient (Wildman–Crippen LogP) is 0.218. The van der Waals surface area contributed by atoms with Gasteiger partial charge >= 0.3 is 6.09 Å². The molecular formula is C12H25N3O4S. The van der Waals surface area contributed by atoms with E-state index in [-0.39, 0.29) is 5.75 Å². The van der Waals surface area contributed by atoms with Crippen LogP contribution < -0.4 is 5.73 Å². The first kappa shape index (κ1) is 17.2. The van der Waals surface area contributed by atoms with Crippen molar-refractivity contribution in [1.82, 2.24) is 9.21 Å². The number of piperazine rings is 1. The van der Waals surface area contributed by atoms with Gasteiger partial charge in [-0.15, -0.1) is 0 Å². The quantitative estimate of drug-likeness (QED) is 0.802. The molecule has 8 heteroatoms. The smallest absolute Gasteiger partial charge is 0.410 e. The number of sulfonamides is 1. The van der Waals surface area contributed by atoms with Crippen molar-refractivity contribution in [3.8, 4) is 0 Å². The Kier molecular flexibility index (Phi) is 5.79. The first-order valence-electron chi connectivity index (χ1n) is 6.81. The number of nitrogens with zero attached hydrogens (tertiary/aromatic N) is 2. The maximum Gasteiger partial charge on any atom is 0.410 e. The van der Waals surface area contributed by atoms with E-state index in [9.17, 15) is 13.2 Å². The van der Waals surface area contributed by atoms with E-state index in [0.29, 0.717) is 39.1 Å². The molecule has 0 spiro atoms. The number of carbonyl (C=O) groups is 1. The summed E-state index contributed by atoms with van der Waals surface area (Å²) in [6.07, 6.45) is 0.0609. The van der Waals surface area contributed by atoms with E-state index in [0.717, 1.165) is 0 Å². The highest BCUT2D eigenvalue weighted by Gasteiger charge is 2.30. The Morgan fingerprint density at radius 3 is 2.20 bits per heavy atom. The minimum Gasteiger partial charge on any atom is -0.444 e. The third kappa shape index (κ3) is 5.26. The molecule has 0 atom stereocenters. The molecule has 0 aromatic carbocycles. The summed E-state index contributed by atoms with van der Waals surface area (Å²) in [6.45, 7) is 7.11. The highest BCUT2D eigenvalue weighted by Crippen LogP contribution is 2.13. The molecule has 0 bridgehead atoms. The lowest BCUT2D eigenvalue weighted by atomic mass is 10.2. The van der Waals surface area contributed by atoms with Crippen LogP contribution in [0.1, 0.15) is 27.2 Å². The standard InChI is InChI=1S/C12H25N3O4S/c1-12(2,3)19-11(16)14-6-8-15(9-7-14)20(17,18)10-4-5-13/h4-10,13H2,1-3H3. The number of hydrogen-bond acceptors (Lipinski definition) is 5. The van der Waals surface area contributed by atoms with Gasteiger partial charge in [-0.05, 0) is 33.7 Å². The van der Waals surface area contributed by atoms with Gasteiger partial charge in [0.15, 0.2) is 0 Å². The van der Waals surface area contributed by atoms with Crippen LogP contribution in [0, 0.1) is 0 Å². The van der Waals surface area contributed by atoms with Gasteiger partial charge in [0.1, 0.15) is 5.60 Å². The van der Waals surface area contributed by atoms with E-state index < -0.39 is 21.7 Å². The van der Waals surface area contributed by atoms with E-state index in [1.54, 1.807) is 25.7 Å². The van der Waals surface area contributed by atoms with Crippen LogP contribution in [-0.4, -0.2) is 67.8 Å². The summed E-state index contributed by atoms with van der Waals surface area (Å²) in [5, 5.41) is 0. The van der Waals surface area contributed by atoms with Crippen LogP contribution in [0.2, 0.25) is 0 Å². The zero-order chi connectivity index (χ0) is 15.4. The number of amides is 1. The molecule has 1 fully saturated rings. The number of hydrogen-bond donors (Lipinski definition) is 1. The molecule has 1 aliphatic heterocycles. The van der Waals surface area contributed by atoms with Crippen molar-refractivity contribution in [3.05, 3.63) is 0 Å². The molecule has 118 valence electrons. The molecule has 2 N–H and O–H groups in total. The molecule has 1 heterocycles. The molecule has 0 radical (unpaired) electrons. The third-order valence-electron chi connectivity index (χ3n) is 2.89. The van der Waals surface area contributed by atoms with Gasteiger partial charge in [-0.3, -0.25) is 0 Å². The van der Waals surface area contributed by atoms with Gasteiger partial charge in [0.25, 0.3) is 0 Å². The van der Waals surface area contributed by atoms with Crippen LogP contribution in [0.5, 0.6) is 0 Å². The fraction of sp³-hybridized carbons (Fsp3) is 0.917. The average molecular weight is 307 g/mol. The highest BCUT2D eigenvalue weighted by atomic mass is 32.2. The third-order valence-corrected chi connectivity index (χ3v) is 4.85. The number of ether oxygens (including phenoxy) is 1. The second-order valence-electron chi connectivity index (χ2n) is 5.82. The lowest BCUT2D eigenvalue weighted by molar-refractivity contribution is 0.0192. The van der Waals surface area contributed by atoms with E-state index >= 15 is 0 Å². The van der Waals surface area contributed by atoms with Crippen molar-refractivity contribution >= 4 is 16.1 Å². The topological polar surface area (TPSA) is 92.9 Å². The van der Waals surface area contributed by atoms with E-state index in [1.807, 2.05) is 0 Å². The Morgan fingerprint density at radius 2 is 1.75 bits per heavy atom.